The second kappa shape index (κ2) is 9.77. The summed E-state index contributed by atoms with van der Waals surface area (Å²) < 4.78 is 0. The molecule has 0 radical (unpaired) electrons. The van der Waals surface area contributed by atoms with Crippen LogP contribution in [0, 0.1) is 5.41 Å². The van der Waals surface area contributed by atoms with E-state index >= 15 is 0 Å². The van der Waals surface area contributed by atoms with E-state index in [1.807, 2.05) is 18.2 Å². The smallest absolute Gasteiger partial charge is 0.242 e. The van der Waals surface area contributed by atoms with Crippen LogP contribution in [-0.4, -0.2) is 48.9 Å². The van der Waals surface area contributed by atoms with Crippen molar-refractivity contribution in [2.75, 3.05) is 31.1 Å². The summed E-state index contributed by atoms with van der Waals surface area (Å²) in [4.78, 5) is 29.2. The van der Waals surface area contributed by atoms with Crippen LogP contribution in [-0.2, 0) is 9.59 Å². The monoisotopic (exact) mass is 373 g/mol. The number of amides is 2. The topological polar surface area (TPSA) is 52.7 Å². The first kappa shape index (κ1) is 21.3. The van der Waals surface area contributed by atoms with Gasteiger partial charge in [0, 0.05) is 38.3 Å². The molecule has 5 nitrogen and oxygen atoms in total. The number of carbonyl (C=O) groups excluding carboxylic acids is 2. The third kappa shape index (κ3) is 6.56. The van der Waals surface area contributed by atoms with Crippen LogP contribution in [0.15, 0.2) is 30.3 Å². The Balaban J connectivity index is 1.78. The van der Waals surface area contributed by atoms with E-state index < -0.39 is 0 Å². The van der Waals surface area contributed by atoms with Gasteiger partial charge in [-0.2, -0.15) is 0 Å². The number of carbonyl (C=O) groups is 2. The van der Waals surface area contributed by atoms with Crippen LogP contribution in [0.25, 0.3) is 0 Å². The number of anilines is 1. The lowest BCUT2D eigenvalue weighted by molar-refractivity contribution is -0.139. The maximum Gasteiger partial charge on any atom is 0.242 e. The molecule has 0 aliphatic carbocycles. The zero-order valence-corrected chi connectivity index (χ0v) is 17.3. The minimum Gasteiger partial charge on any atom is -0.372 e. The van der Waals surface area contributed by atoms with Crippen LogP contribution in [0.2, 0.25) is 0 Å². The Morgan fingerprint density at radius 3 is 2.56 bits per heavy atom. The summed E-state index contributed by atoms with van der Waals surface area (Å²) in [5.41, 5.74) is 1.16. The van der Waals surface area contributed by atoms with Crippen molar-refractivity contribution in [3.8, 4) is 0 Å². The second-order valence-corrected chi connectivity index (χ2v) is 8.54. The summed E-state index contributed by atoms with van der Waals surface area (Å²) >= 11 is 0. The van der Waals surface area contributed by atoms with E-state index in [-0.39, 0.29) is 23.3 Å². The number of nitrogens with zero attached hydrogens (tertiary/aromatic N) is 2. The van der Waals surface area contributed by atoms with Gasteiger partial charge in [-0.3, -0.25) is 9.59 Å². The molecule has 5 heteroatoms. The SMILES string of the molecule is CCN(CCCNC(=O)C1CCCN1C(=O)CC(C)(C)C)c1ccccc1. The fraction of sp³-hybridized carbons (Fsp3) is 0.636. The predicted octanol–water partition coefficient (Wildman–Crippen LogP) is 3.45. The molecule has 0 saturated carbocycles. The molecule has 150 valence electrons. The van der Waals surface area contributed by atoms with Crippen molar-refractivity contribution in [3.63, 3.8) is 0 Å². The fourth-order valence-electron chi connectivity index (χ4n) is 3.60. The van der Waals surface area contributed by atoms with Gasteiger partial charge >= 0.3 is 0 Å². The van der Waals surface area contributed by atoms with Gasteiger partial charge in [-0.15, -0.1) is 0 Å². The van der Waals surface area contributed by atoms with Crippen molar-refractivity contribution in [2.45, 2.75) is 59.4 Å². The third-order valence-corrected chi connectivity index (χ3v) is 4.96. The minimum atomic E-state index is -0.295. The van der Waals surface area contributed by atoms with E-state index in [1.54, 1.807) is 4.90 Å². The highest BCUT2D eigenvalue weighted by molar-refractivity contribution is 5.88. The summed E-state index contributed by atoms with van der Waals surface area (Å²) in [7, 11) is 0. The highest BCUT2D eigenvalue weighted by Gasteiger charge is 2.35. The summed E-state index contributed by atoms with van der Waals surface area (Å²) in [5.74, 6) is 0.0962. The molecule has 2 rings (SSSR count). The lowest BCUT2D eigenvalue weighted by Gasteiger charge is -2.28. The lowest BCUT2D eigenvalue weighted by Crippen LogP contribution is -2.47. The van der Waals surface area contributed by atoms with E-state index in [1.165, 1.54) is 5.69 Å². The molecular formula is C22H35N3O2. The van der Waals surface area contributed by atoms with Gasteiger partial charge < -0.3 is 15.1 Å². The average Bonchev–Trinajstić information content (AvgIpc) is 3.11. The zero-order chi connectivity index (χ0) is 19.9. The highest BCUT2D eigenvalue weighted by atomic mass is 16.2. The molecule has 1 aliphatic rings. The lowest BCUT2D eigenvalue weighted by atomic mass is 9.91. The Labute approximate surface area is 164 Å². The van der Waals surface area contributed by atoms with Crippen molar-refractivity contribution < 1.29 is 9.59 Å². The van der Waals surface area contributed by atoms with Crippen molar-refractivity contribution in [1.29, 1.82) is 0 Å². The molecule has 1 aromatic rings. The first-order valence-electron chi connectivity index (χ1n) is 10.2. The predicted molar refractivity (Wildman–Crippen MR) is 111 cm³/mol. The summed E-state index contributed by atoms with van der Waals surface area (Å²) in [6.07, 6.45) is 3.05. The van der Waals surface area contributed by atoms with Crippen molar-refractivity contribution in [2.24, 2.45) is 5.41 Å². The Kier molecular flexibility index (Phi) is 7.69. The summed E-state index contributed by atoms with van der Waals surface area (Å²) in [5, 5.41) is 3.04. The van der Waals surface area contributed by atoms with Gasteiger partial charge in [0.1, 0.15) is 6.04 Å². The Bertz CT molecular complexity index is 610. The molecule has 2 amide bonds. The fourth-order valence-corrected chi connectivity index (χ4v) is 3.60. The molecule has 27 heavy (non-hydrogen) atoms. The van der Waals surface area contributed by atoms with Gasteiger partial charge in [0.2, 0.25) is 11.8 Å². The first-order chi connectivity index (χ1) is 12.8. The van der Waals surface area contributed by atoms with E-state index in [4.69, 9.17) is 0 Å². The molecule has 1 fully saturated rings. The average molecular weight is 374 g/mol. The van der Waals surface area contributed by atoms with E-state index in [9.17, 15) is 9.59 Å². The van der Waals surface area contributed by atoms with Crippen LogP contribution in [0.3, 0.4) is 0 Å². The number of benzene rings is 1. The molecule has 1 unspecified atom stereocenters. The molecule has 1 atom stereocenters. The number of likely N-dealkylation sites (tertiary alicyclic amines) is 1. The quantitative estimate of drug-likeness (QED) is 0.710. The van der Waals surface area contributed by atoms with Gasteiger partial charge in [0.25, 0.3) is 0 Å². The molecule has 1 saturated heterocycles. The zero-order valence-electron chi connectivity index (χ0n) is 17.3. The number of hydrogen-bond acceptors (Lipinski definition) is 3. The van der Waals surface area contributed by atoms with Gasteiger partial charge in [0.15, 0.2) is 0 Å². The van der Waals surface area contributed by atoms with Crippen molar-refractivity contribution in [3.05, 3.63) is 30.3 Å². The van der Waals surface area contributed by atoms with Gasteiger partial charge in [-0.1, -0.05) is 39.0 Å². The molecule has 1 heterocycles. The van der Waals surface area contributed by atoms with Crippen LogP contribution < -0.4 is 10.2 Å². The van der Waals surface area contributed by atoms with Crippen LogP contribution in [0.1, 0.15) is 53.4 Å². The number of hydrogen-bond donors (Lipinski definition) is 1. The van der Waals surface area contributed by atoms with E-state index in [0.717, 1.165) is 32.4 Å². The molecule has 1 N–H and O–H groups in total. The number of nitrogens with one attached hydrogen (secondary N) is 1. The normalized spacial score (nSPS) is 17.0. The molecule has 1 aromatic carbocycles. The Morgan fingerprint density at radius 1 is 1.22 bits per heavy atom. The van der Waals surface area contributed by atoms with E-state index in [0.29, 0.717) is 19.5 Å². The molecule has 1 aliphatic heterocycles. The highest BCUT2D eigenvalue weighted by Crippen LogP contribution is 2.24. The summed E-state index contributed by atoms with van der Waals surface area (Å²) in [6.45, 7) is 11.5. The van der Waals surface area contributed by atoms with Gasteiger partial charge in [-0.05, 0) is 43.7 Å². The molecule has 0 spiro atoms. The standard InChI is InChI=1S/C22H35N3O2/c1-5-24(18-11-7-6-8-12-18)15-10-14-23-21(27)19-13-9-16-25(19)20(26)17-22(2,3)4/h6-8,11-12,19H,5,9-10,13-17H2,1-4H3,(H,23,27). The Hall–Kier alpha value is -2.04. The minimum absolute atomic E-state index is 0.00230. The molecule has 0 aromatic heterocycles. The number of para-hydroxylation sites is 1. The molecular weight excluding hydrogens is 338 g/mol. The van der Waals surface area contributed by atoms with Crippen LogP contribution in [0.5, 0.6) is 0 Å². The van der Waals surface area contributed by atoms with Gasteiger partial charge in [0.05, 0.1) is 0 Å². The Morgan fingerprint density at radius 2 is 1.93 bits per heavy atom. The summed E-state index contributed by atoms with van der Waals surface area (Å²) in [6, 6.07) is 10.0. The second-order valence-electron chi connectivity index (χ2n) is 8.54. The van der Waals surface area contributed by atoms with Gasteiger partial charge in [-0.25, -0.2) is 0 Å². The maximum absolute atomic E-state index is 12.6. The first-order valence-corrected chi connectivity index (χ1v) is 10.2. The largest absolute Gasteiger partial charge is 0.372 e. The van der Waals surface area contributed by atoms with Crippen molar-refractivity contribution >= 4 is 17.5 Å². The van der Waals surface area contributed by atoms with E-state index in [2.05, 4.69) is 50.0 Å². The number of rotatable bonds is 8. The third-order valence-electron chi connectivity index (χ3n) is 4.96. The van der Waals surface area contributed by atoms with Crippen LogP contribution in [0.4, 0.5) is 5.69 Å². The van der Waals surface area contributed by atoms with Crippen LogP contribution >= 0.6 is 0 Å². The maximum atomic E-state index is 12.6. The molecule has 0 bridgehead atoms. The van der Waals surface area contributed by atoms with Crippen molar-refractivity contribution in [1.82, 2.24) is 10.2 Å².